The Morgan fingerprint density at radius 3 is 3.06 bits per heavy atom. The van der Waals surface area contributed by atoms with Crippen molar-refractivity contribution >= 4 is 11.6 Å². The van der Waals surface area contributed by atoms with Crippen LogP contribution in [0.4, 0.5) is 10.1 Å². The van der Waals surface area contributed by atoms with Gasteiger partial charge in [-0.3, -0.25) is 4.79 Å². The Morgan fingerprint density at radius 2 is 2.28 bits per heavy atom. The Labute approximate surface area is 104 Å². The van der Waals surface area contributed by atoms with Crippen molar-refractivity contribution in [2.45, 2.75) is 19.3 Å². The minimum atomic E-state index is -0.344. The second-order valence-corrected chi connectivity index (χ2v) is 4.13. The molecule has 0 saturated heterocycles. The zero-order chi connectivity index (χ0) is 13.0. The molecule has 1 aromatic rings. The van der Waals surface area contributed by atoms with Gasteiger partial charge in [-0.05, 0) is 36.1 Å². The van der Waals surface area contributed by atoms with E-state index in [0.29, 0.717) is 38.0 Å². The molecule has 0 N–H and O–H groups in total. The van der Waals surface area contributed by atoms with E-state index in [1.54, 1.807) is 11.0 Å². The number of hydrogen-bond donors (Lipinski definition) is 0. The first kappa shape index (κ1) is 12.4. The smallest absolute Gasteiger partial charge is 0.227 e. The number of carbonyl (C=O) groups excluding carboxylic acids is 1. The summed E-state index contributed by atoms with van der Waals surface area (Å²) in [7, 11) is 0. The largest absolute Gasteiger partial charge is 0.312 e. The summed E-state index contributed by atoms with van der Waals surface area (Å²) in [5.74, 6) is -0.350. The second kappa shape index (κ2) is 5.51. The number of carbonyl (C=O) groups is 1. The topological polar surface area (TPSA) is 69.1 Å². The van der Waals surface area contributed by atoms with Crippen molar-refractivity contribution in [2.75, 3.05) is 18.0 Å². The number of azide groups is 1. The second-order valence-electron chi connectivity index (χ2n) is 4.13. The van der Waals surface area contributed by atoms with Gasteiger partial charge in [-0.15, -0.1) is 0 Å². The van der Waals surface area contributed by atoms with Gasteiger partial charge in [-0.2, -0.15) is 0 Å². The molecule has 0 unspecified atom stereocenters. The van der Waals surface area contributed by atoms with Crippen LogP contribution >= 0.6 is 0 Å². The molecule has 1 amide bonds. The van der Waals surface area contributed by atoms with Gasteiger partial charge in [-0.1, -0.05) is 11.2 Å². The first-order valence-electron chi connectivity index (χ1n) is 5.82. The highest BCUT2D eigenvalue weighted by atomic mass is 19.1. The van der Waals surface area contributed by atoms with E-state index >= 15 is 0 Å². The van der Waals surface area contributed by atoms with Crippen LogP contribution in [0.25, 0.3) is 10.4 Å². The summed E-state index contributed by atoms with van der Waals surface area (Å²) in [5.41, 5.74) is 9.81. The number of halogens is 1. The summed E-state index contributed by atoms with van der Waals surface area (Å²) in [6.45, 7) is 0.791. The van der Waals surface area contributed by atoms with Crippen molar-refractivity contribution < 1.29 is 9.18 Å². The molecular weight excluding hydrogens is 235 g/mol. The van der Waals surface area contributed by atoms with Crippen LogP contribution in [0.1, 0.15) is 18.4 Å². The van der Waals surface area contributed by atoms with E-state index in [0.717, 1.165) is 5.56 Å². The van der Waals surface area contributed by atoms with Crippen LogP contribution < -0.4 is 4.90 Å². The SMILES string of the molecule is [N-]=[N+]=NCCCN1C(=O)CCc2ccc(F)cc21. The molecule has 1 aliphatic heterocycles. The van der Waals surface area contributed by atoms with E-state index in [-0.39, 0.29) is 11.7 Å². The highest BCUT2D eigenvalue weighted by Gasteiger charge is 2.23. The number of nitrogens with zero attached hydrogens (tertiary/aromatic N) is 4. The van der Waals surface area contributed by atoms with Crippen LogP contribution in [0, 0.1) is 5.82 Å². The summed E-state index contributed by atoms with van der Waals surface area (Å²) in [6, 6.07) is 4.52. The van der Waals surface area contributed by atoms with Crippen molar-refractivity contribution in [1.82, 2.24) is 0 Å². The van der Waals surface area contributed by atoms with Gasteiger partial charge in [0.1, 0.15) is 5.82 Å². The quantitative estimate of drug-likeness (QED) is 0.349. The van der Waals surface area contributed by atoms with E-state index in [1.165, 1.54) is 12.1 Å². The molecule has 0 saturated carbocycles. The highest BCUT2D eigenvalue weighted by Crippen LogP contribution is 2.28. The number of rotatable bonds is 4. The number of amides is 1. The molecule has 18 heavy (non-hydrogen) atoms. The molecule has 0 fully saturated rings. The predicted molar refractivity (Wildman–Crippen MR) is 65.7 cm³/mol. The third-order valence-electron chi connectivity index (χ3n) is 2.95. The molecule has 5 nitrogen and oxygen atoms in total. The van der Waals surface area contributed by atoms with Gasteiger partial charge >= 0.3 is 0 Å². The standard InChI is InChI=1S/C12H13FN4O/c13-10-4-2-9-3-5-12(18)17(11(9)8-10)7-1-6-15-16-14/h2,4,8H,1,3,5-7H2. The van der Waals surface area contributed by atoms with Gasteiger partial charge in [0.05, 0.1) is 0 Å². The van der Waals surface area contributed by atoms with Crippen molar-refractivity contribution in [1.29, 1.82) is 0 Å². The van der Waals surface area contributed by atoms with Crippen molar-refractivity contribution in [3.8, 4) is 0 Å². The lowest BCUT2D eigenvalue weighted by Gasteiger charge is -2.29. The summed E-state index contributed by atoms with van der Waals surface area (Å²) in [5, 5.41) is 3.42. The molecule has 0 radical (unpaired) electrons. The monoisotopic (exact) mass is 248 g/mol. The molecule has 1 aromatic carbocycles. The number of fused-ring (bicyclic) bond motifs is 1. The maximum absolute atomic E-state index is 13.2. The van der Waals surface area contributed by atoms with Gasteiger partial charge in [-0.25, -0.2) is 4.39 Å². The Bertz CT molecular complexity index is 511. The number of aryl methyl sites for hydroxylation is 1. The van der Waals surface area contributed by atoms with Crippen LogP contribution in [0.2, 0.25) is 0 Å². The normalized spacial score (nSPS) is 14.1. The summed E-state index contributed by atoms with van der Waals surface area (Å²) in [6.07, 6.45) is 1.67. The van der Waals surface area contributed by atoms with E-state index in [9.17, 15) is 9.18 Å². The Morgan fingerprint density at radius 1 is 1.44 bits per heavy atom. The van der Waals surface area contributed by atoms with E-state index in [1.807, 2.05) is 0 Å². The van der Waals surface area contributed by atoms with E-state index in [4.69, 9.17) is 5.53 Å². The van der Waals surface area contributed by atoms with Gasteiger partial charge < -0.3 is 4.90 Å². The molecule has 0 aromatic heterocycles. The van der Waals surface area contributed by atoms with Crippen LogP contribution in [-0.4, -0.2) is 19.0 Å². The first-order valence-corrected chi connectivity index (χ1v) is 5.82. The lowest BCUT2D eigenvalue weighted by molar-refractivity contribution is -0.118. The number of anilines is 1. The minimum absolute atomic E-state index is 0.00552. The molecule has 0 bridgehead atoms. The predicted octanol–water partition coefficient (Wildman–Crippen LogP) is 2.81. The van der Waals surface area contributed by atoms with Crippen molar-refractivity contribution in [3.05, 3.63) is 40.0 Å². The Balaban J connectivity index is 2.16. The van der Waals surface area contributed by atoms with E-state index < -0.39 is 0 Å². The molecule has 6 heteroatoms. The minimum Gasteiger partial charge on any atom is -0.312 e. The molecule has 1 heterocycles. The number of benzene rings is 1. The molecule has 0 atom stereocenters. The van der Waals surface area contributed by atoms with E-state index in [2.05, 4.69) is 10.0 Å². The van der Waals surface area contributed by atoms with Gasteiger partial charge in [0.2, 0.25) is 5.91 Å². The lowest BCUT2D eigenvalue weighted by atomic mass is 10.0. The van der Waals surface area contributed by atoms with Crippen LogP contribution in [-0.2, 0) is 11.2 Å². The van der Waals surface area contributed by atoms with Crippen LogP contribution in [0.5, 0.6) is 0 Å². The fourth-order valence-corrected chi connectivity index (χ4v) is 2.10. The third kappa shape index (κ3) is 2.60. The van der Waals surface area contributed by atoms with Crippen LogP contribution in [0.3, 0.4) is 0 Å². The van der Waals surface area contributed by atoms with Gasteiger partial charge in [0.25, 0.3) is 0 Å². The Kier molecular flexibility index (Phi) is 3.79. The summed E-state index contributed by atoms with van der Waals surface area (Å²) < 4.78 is 13.2. The molecule has 2 rings (SSSR count). The zero-order valence-electron chi connectivity index (χ0n) is 9.84. The average Bonchev–Trinajstić information content (AvgIpc) is 2.36. The summed E-state index contributed by atoms with van der Waals surface area (Å²) >= 11 is 0. The average molecular weight is 248 g/mol. The number of hydrogen-bond acceptors (Lipinski definition) is 2. The highest BCUT2D eigenvalue weighted by molar-refractivity contribution is 5.96. The maximum atomic E-state index is 13.2. The Hall–Kier alpha value is -2.07. The third-order valence-corrected chi connectivity index (χ3v) is 2.95. The van der Waals surface area contributed by atoms with Crippen molar-refractivity contribution in [2.24, 2.45) is 5.11 Å². The lowest BCUT2D eigenvalue weighted by Crippen LogP contribution is -2.36. The zero-order valence-corrected chi connectivity index (χ0v) is 9.84. The molecule has 0 spiro atoms. The maximum Gasteiger partial charge on any atom is 0.227 e. The fraction of sp³-hybridized carbons (Fsp3) is 0.417. The van der Waals surface area contributed by atoms with Gasteiger partial charge in [0.15, 0.2) is 0 Å². The summed E-state index contributed by atoms with van der Waals surface area (Å²) in [4.78, 5) is 16.1. The first-order chi connectivity index (χ1) is 8.72. The van der Waals surface area contributed by atoms with Gasteiger partial charge in [0, 0.05) is 30.1 Å². The molecule has 94 valence electrons. The fourth-order valence-electron chi connectivity index (χ4n) is 2.10. The molecular formula is C12H13FN4O. The molecule has 1 aliphatic rings. The molecule has 0 aliphatic carbocycles. The van der Waals surface area contributed by atoms with Crippen molar-refractivity contribution in [3.63, 3.8) is 0 Å². The van der Waals surface area contributed by atoms with Crippen LogP contribution in [0.15, 0.2) is 23.3 Å².